The summed E-state index contributed by atoms with van der Waals surface area (Å²) in [5.74, 6) is 0.386. The number of fused-ring (bicyclic) bond motifs is 4. The molecule has 0 saturated heterocycles. The van der Waals surface area contributed by atoms with E-state index in [9.17, 15) is 0 Å². The van der Waals surface area contributed by atoms with Gasteiger partial charge in [-0.05, 0) is 89.0 Å². The van der Waals surface area contributed by atoms with Crippen molar-refractivity contribution in [2.45, 2.75) is 89.9 Å². The van der Waals surface area contributed by atoms with Gasteiger partial charge in [0.05, 0.1) is 11.1 Å². The number of benzene rings is 3. The molecule has 7 rings (SSSR count). The van der Waals surface area contributed by atoms with Crippen molar-refractivity contribution in [3.63, 3.8) is 0 Å². The summed E-state index contributed by atoms with van der Waals surface area (Å²) >= 11 is 0. The number of halogens is 1. The Balaban J connectivity index is 1.54. The van der Waals surface area contributed by atoms with Crippen molar-refractivity contribution >= 4 is 21.9 Å². The Labute approximate surface area is 243 Å². The minimum atomic E-state index is -0.215. The summed E-state index contributed by atoms with van der Waals surface area (Å²) in [7, 11) is 2.06. The molecule has 2 aromatic heterocycles. The molecule has 0 unspecified atom stereocenters. The zero-order chi connectivity index (χ0) is 28.7. The second kappa shape index (κ2) is 9.28. The Morgan fingerprint density at radius 2 is 1.46 bits per heavy atom. The van der Waals surface area contributed by atoms with Crippen LogP contribution in [-0.4, -0.2) is 0 Å². The Hall–Kier alpha value is -3.46. The van der Waals surface area contributed by atoms with Crippen LogP contribution in [0.15, 0.2) is 65.2 Å². The van der Waals surface area contributed by atoms with E-state index in [4.69, 9.17) is 4.42 Å². The van der Waals surface area contributed by atoms with Crippen molar-refractivity contribution in [3.8, 4) is 22.4 Å². The topological polar surface area (TPSA) is 17.0 Å². The number of aromatic nitrogens is 1. The zero-order valence-corrected chi connectivity index (χ0v) is 25.3. The number of hydrogen-bond donors (Lipinski definition) is 0. The first kappa shape index (κ1) is 26.4. The molecular weight excluding hydrogens is 505 g/mol. The van der Waals surface area contributed by atoms with E-state index in [1.165, 1.54) is 48.8 Å². The molecular formula is C38H41FNO+. The molecule has 3 aromatic carbocycles. The molecule has 2 nitrogen and oxygen atoms in total. The Bertz CT molecular complexity index is 1830. The van der Waals surface area contributed by atoms with E-state index < -0.39 is 0 Å². The lowest BCUT2D eigenvalue weighted by Gasteiger charge is -2.30. The third-order valence-corrected chi connectivity index (χ3v) is 10.1. The van der Waals surface area contributed by atoms with Crippen LogP contribution < -0.4 is 4.57 Å². The molecule has 0 aliphatic heterocycles. The highest BCUT2D eigenvalue weighted by Crippen LogP contribution is 2.57. The molecule has 0 spiro atoms. The highest BCUT2D eigenvalue weighted by Gasteiger charge is 2.46. The van der Waals surface area contributed by atoms with Crippen LogP contribution in [0.4, 0.5) is 4.39 Å². The lowest BCUT2D eigenvalue weighted by molar-refractivity contribution is -0.660. The van der Waals surface area contributed by atoms with Gasteiger partial charge in [0.1, 0.15) is 24.0 Å². The van der Waals surface area contributed by atoms with E-state index in [-0.39, 0.29) is 16.6 Å². The fourth-order valence-electron chi connectivity index (χ4n) is 8.62. The van der Waals surface area contributed by atoms with Crippen LogP contribution in [0, 0.1) is 12.7 Å². The van der Waals surface area contributed by atoms with Crippen LogP contribution in [0.25, 0.3) is 44.3 Å². The van der Waals surface area contributed by atoms with Gasteiger partial charge >= 0.3 is 0 Å². The van der Waals surface area contributed by atoms with Crippen LogP contribution in [0.1, 0.15) is 94.4 Å². The summed E-state index contributed by atoms with van der Waals surface area (Å²) in [5.41, 5.74) is 10.6. The molecule has 0 amide bonds. The van der Waals surface area contributed by atoms with Gasteiger partial charge in [-0.3, -0.25) is 0 Å². The SMILES string of the molecule is Cc1ccc2c(oc3c(-c4ccc(C5CCCCC5)c5c4C(C)(C)CC5(C)C)c(F)ccc32)c1-c1cccc[n+]1C. The van der Waals surface area contributed by atoms with Crippen molar-refractivity contribution in [1.82, 2.24) is 0 Å². The average molecular weight is 547 g/mol. The number of nitrogens with zero attached hydrogens (tertiary/aromatic N) is 1. The van der Waals surface area contributed by atoms with Crippen LogP contribution in [0.2, 0.25) is 0 Å². The molecule has 0 N–H and O–H groups in total. The van der Waals surface area contributed by atoms with Crippen LogP contribution in [0.5, 0.6) is 0 Å². The van der Waals surface area contributed by atoms with Gasteiger partial charge in [-0.25, -0.2) is 8.96 Å². The van der Waals surface area contributed by atoms with E-state index in [1.807, 2.05) is 12.1 Å². The van der Waals surface area contributed by atoms with Crippen molar-refractivity contribution in [1.29, 1.82) is 0 Å². The molecule has 2 heterocycles. The predicted octanol–water partition coefficient (Wildman–Crippen LogP) is 10.2. The van der Waals surface area contributed by atoms with Gasteiger partial charge in [-0.2, -0.15) is 0 Å². The van der Waals surface area contributed by atoms with Gasteiger partial charge in [0.25, 0.3) is 0 Å². The maximum Gasteiger partial charge on any atom is 0.216 e. The summed E-state index contributed by atoms with van der Waals surface area (Å²) in [5, 5.41) is 2.00. The van der Waals surface area contributed by atoms with E-state index >= 15 is 4.39 Å². The standard InChI is InChI=1S/C38H41FNO/c1-23-15-16-26-27-19-20-29(39)32(36(27)41-35(26)31(23)30-14-10-11-21-40(30)6)28-18-17-25(24-12-8-7-9-13-24)33-34(28)38(4,5)22-37(33,2)3/h10-11,14-21,24H,7-9,12-13,22H2,1-6H3/q+1. The summed E-state index contributed by atoms with van der Waals surface area (Å²) in [6, 6.07) is 18.6. The fraction of sp³-hybridized carbons (Fsp3) is 0.395. The van der Waals surface area contributed by atoms with Gasteiger partial charge < -0.3 is 4.42 Å². The molecule has 5 aromatic rings. The first-order valence-electron chi connectivity index (χ1n) is 15.4. The lowest BCUT2D eigenvalue weighted by atomic mass is 9.74. The van der Waals surface area contributed by atoms with Crippen molar-refractivity contribution in [3.05, 3.63) is 88.9 Å². The Morgan fingerprint density at radius 1 is 0.780 bits per heavy atom. The first-order chi connectivity index (χ1) is 19.6. The van der Waals surface area contributed by atoms with Crippen molar-refractivity contribution in [2.75, 3.05) is 0 Å². The average Bonchev–Trinajstić information content (AvgIpc) is 3.40. The quantitative estimate of drug-likeness (QED) is 0.206. The third-order valence-electron chi connectivity index (χ3n) is 10.1. The van der Waals surface area contributed by atoms with E-state index in [1.54, 1.807) is 6.07 Å². The second-order valence-electron chi connectivity index (χ2n) is 14.0. The van der Waals surface area contributed by atoms with E-state index in [0.717, 1.165) is 45.2 Å². The van der Waals surface area contributed by atoms with Gasteiger partial charge in [0, 0.05) is 22.9 Å². The summed E-state index contributed by atoms with van der Waals surface area (Å²) in [4.78, 5) is 0. The number of rotatable bonds is 3. The molecule has 3 heteroatoms. The van der Waals surface area contributed by atoms with Crippen LogP contribution >= 0.6 is 0 Å². The second-order valence-corrected chi connectivity index (χ2v) is 14.0. The van der Waals surface area contributed by atoms with Crippen molar-refractivity contribution < 1.29 is 13.4 Å². The van der Waals surface area contributed by atoms with Gasteiger partial charge in [0.15, 0.2) is 6.20 Å². The number of hydrogen-bond acceptors (Lipinski definition) is 1. The molecule has 0 bridgehead atoms. The van der Waals surface area contributed by atoms with E-state index in [0.29, 0.717) is 17.1 Å². The monoisotopic (exact) mass is 546 g/mol. The number of aryl methyl sites for hydroxylation is 2. The fourth-order valence-corrected chi connectivity index (χ4v) is 8.62. The predicted molar refractivity (Wildman–Crippen MR) is 167 cm³/mol. The Morgan fingerprint density at radius 3 is 2.20 bits per heavy atom. The van der Waals surface area contributed by atoms with Gasteiger partial charge in [-0.1, -0.05) is 71.2 Å². The summed E-state index contributed by atoms with van der Waals surface area (Å²) in [6.07, 6.45) is 9.58. The lowest BCUT2D eigenvalue weighted by Crippen LogP contribution is -2.30. The third kappa shape index (κ3) is 3.99. The maximum atomic E-state index is 16.2. The molecule has 0 radical (unpaired) electrons. The Kier molecular flexibility index (Phi) is 5.98. The first-order valence-corrected chi connectivity index (χ1v) is 15.4. The van der Waals surface area contributed by atoms with Gasteiger partial charge in [0.2, 0.25) is 5.69 Å². The van der Waals surface area contributed by atoms with Crippen molar-refractivity contribution in [2.24, 2.45) is 7.05 Å². The van der Waals surface area contributed by atoms with E-state index in [2.05, 4.69) is 88.8 Å². The summed E-state index contributed by atoms with van der Waals surface area (Å²) in [6.45, 7) is 11.6. The highest BCUT2D eigenvalue weighted by atomic mass is 19.1. The highest BCUT2D eigenvalue weighted by molar-refractivity contribution is 6.13. The number of pyridine rings is 1. The molecule has 2 aliphatic carbocycles. The largest absolute Gasteiger partial charge is 0.454 e. The van der Waals surface area contributed by atoms with Gasteiger partial charge in [-0.15, -0.1) is 0 Å². The number of furan rings is 1. The minimum Gasteiger partial charge on any atom is -0.454 e. The minimum absolute atomic E-state index is 0.0339. The molecule has 210 valence electrons. The zero-order valence-electron chi connectivity index (χ0n) is 25.3. The molecule has 0 atom stereocenters. The summed E-state index contributed by atoms with van der Waals surface area (Å²) < 4.78 is 25.1. The van der Waals surface area contributed by atoms with Crippen LogP contribution in [0.3, 0.4) is 0 Å². The molecule has 41 heavy (non-hydrogen) atoms. The normalized spacial score (nSPS) is 18.3. The maximum absolute atomic E-state index is 16.2. The molecule has 1 saturated carbocycles. The van der Waals surface area contributed by atoms with Crippen LogP contribution in [-0.2, 0) is 17.9 Å². The smallest absolute Gasteiger partial charge is 0.216 e. The molecule has 1 fully saturated rings. The molecule has 2 aliphatic rings.